The zero-order valence-electron chi connectivity index (χ0n) is 10.4. The van der Waals surface area contributed by atoms with Gasteiger partial charge in [-0.3, -0.25) is 4.79 Å². The Morgan fingerprint density at radius 3 is 2.82 bits per heavy atom. The molecule has 0 N–H and O–H groups in total. The topological polar surface area (TPSA) is 20.3 Å². The average molecular weight is 227 g/mol. The molecule has 0 aliphatic carbocycles. The fraction of sp³-hybridized carbons (Fsp3) is 0.400. The number of Topliss-reactive ketones (excluding diaryl/α,β-unsaturated/α-hetero) is 1. The summed E-state index contributed by atoms with van der Waals surface area (Å²) in [6.07, 6.45) is 2.83. The first-order valence-corrected chi connectivity index (χ1v) is 6.22. The van der Waals surface area contributed by atoms with Gasteiger partial charge < -0.3 is 4.90 Å². The number of allylic oxidation sites excluding steroid dienone is 2. The van der Waals surface area contributed by atoms with Crippen molar-refractivity contribution in [1.82, 2.24) is 0 Å². The molecule has 0 saturated carbocycles. The third-order valence-electron chi connectivity index (χ3n) is 3.77. The van der Waals surface area contributed by atoms with Crippen molar-refractivity contribution in [3.63, 3.8) is 0 Å². The quantitative estimate of drug-likeness (QED) is 0.679. The van der Waals surface area contributed by atoms with Crippen LogP contribution in [0.5, 0.6) is 0 Å². The van der Waals surface area contributed by atoms with Gasteiger partial charge in [0.15, 0.2) is 5.78 Å². The van der Waals surface area contributed by atoms with Gasteiger partial charge in [0.2, 0.25) is 0 Å². The SMILES string of the molecule is CC1=C2CCc3cc(C)ccc3N2CC(=O)C1. The van der Waals surface area contributed by atoms with E-state index in [4.69, 9.17) is 0 Å². The lowest BCUT2D eigenvalue weighted by atomic mass is 9.91. The highest BCUT2D eigenvalue weighted by atomic mass is 16.1. The maximum absolute atomic E-state index is 11.7. The fourth-order valence-corrected chi connectivity index (χ4v) is 2.97. The molecule has 0 amide bonds. The summed E-state index contributed by atoms with van der Waals surface area (Å²) in [5.74, 6) is 0.333. The van der Waals surface area contributed by atoms with Gasteiger partial charge in [0.25, 0.3) is 0 Å². The van der Waals surface area contributed by atoms with Gasteiger partial charge in [-0.05, 0) is 43.9 Å². The Bertz CT molecular complexity index is 528. The first-order chi connectivity index (χ1) is 8.15. The standard InChI is InChI=1S/C15H17NO/c1-10-3-5-15-12(7-10)4-6-14-11(2)8-13(17)9-16(14)15/h3,5,7H,4,6,8-9H2,1-2H3. The van der Waals surface area contributed by atoms with Crippen molar-refractivity contribution >= 4 is 11.5 Å². The van der Waals surface area contributed by atoms with Crippen LogP contribution >= 0.6 is 0 Å². The molecule has 0 atom stereocenters. The Kier molecular flexibility index (Phi) is 2.32. The summed E-state index contributed by atoms with van der Waals surface area (Å²) < 4.78 is 0. The molecule has 1 aromatic carbocycles. The van der Waals surface area contributed by atoms with Gasteiger partial charge in [-0.1, -0.05) is 17.7 Å². The van der Waals surface area contributed by atoms with Crippen LogP contribution in [0, 0.1) is 6.92 Å². The Labute approximate surface area is 102 Å². The molecule has 0 aromatic heterocycles. The van der Waals surface area contributed by atoms with E-state index in [9.17, 15) is 4.79 Å². The van der Waals surface area contributed by atoms with Crippen molar-refractivity contribution in [2.75, 3.05) is 11.4 Å². The molecule has 2 heteroatoms. The zero-order valence-corrected chi connectivity index (χ0v) is 10.4. The van der Waals surface area contributed by atoms with Crippen LogP contribution in [-0.4, -0.2) is 12.3 Å². The molecule has 0 saturated heterocycles. The Hall–Kier alpha value is -1.57. The smallest absolute Gasteiger partial charge is 0.156 e. The molecule has 2 heterocycles. The number of fused-ring (bicyclic) bond motifs is 3. The predicted molar refractivity (Wildman–Crippen MR) is 69.2 cm³/mol. The largest absolute Gasteiger partial charge is 0.337 e. The lowest BCUT2D eigenvalue weighted by Crippen LogP contribution is -2.37. The normalized spacial score (nSPS) is 19.2. The summed E-state index contributed by atoms with van der Waals surface area (Å²) in [5.41, 5.74) is 6.56. The molecule has 88 valence electrons. The first-order valence-electron chi connectivity index (χ1n) is 6.22. The van der Waals surface area contributed by atoms with E-state index in [2.05, 4.69) is 36.9 Å². The molecule has 2 aliphatic rings. The molecule has 2 nitrogen and oxygen atoms in total. The molecule has 2 aliphatic heterocycles. The maximum Gasteiger partial charge on any atom is 0.156 e. The van der Waals surface area contributed by atoms with Gasteiger partial charge in [-0.15, -0.1) is 0 Å². The summed E-state index contributed by atoms with van der Waals surface area (Å²) >= 11 is 0. The number of anilines is 1. The lowest BCUT2D eigenvalue weighted by Gasteiger charge is -2.37. The zero-order chi connectivity index (χ0) is 12.0. The molecule has 0 unspecified atom stereocenters. The molecule has 0 radical (unpaired) electrons. The number of hydrogen-bond donors (Lipinski definition) is 0. The minimum atomic E-state index is 0.333. The van der Waals surface area contributed by atoms with Crippen LogP contribution in [0.2, 0.25) is 0 Å². The fourth-order valence-electron chi connectivity index (χ4n) is 2.97. The van der Waals surface area contributed by atoms with E-state index in [0.717, 1.165) is 12.8 Å². The van der Waals surface area contributed by atoms with Crippen molar-refractivity contribution in [2.24, 2.45) is 0 Å². The minimum Gasteiger partial charge on any atom is -0.337 e. The number of benzene rings is 1. The Balaban J connectivity index is 2.12. The van der Waals surface area contributed by atoms with Crippen molar-refractivity contribution in [3.05, 3.63) is 40.6 Å². The van der Waals surface area contributed by atoms with E-state index in [1.807, 2.05) is 0 Å². The number of ketones is 1. The highest BCUT2D eigenvalue weighted by molar-refractivity contribution is 5.89. The summed E-state index contributed by atoms with van der Waals surface area (Å²) in [7, 11) is 0. The second-order valence-corrected chi connectivity index (χ2v) is 5.16. The molecular weight excluding hydrogens is 210 g/mol. The Morgan fingerprint density at radius 2 is 2.00 bits per heavy atom. The van der Waals surface area contributed by atoms with Crippen LogP contribution in [0.25, 0.3) is 0 Å². The van der Waals surface area contributed by atoms with Crippen molar-refractivity contribution < 1.29 is 4.79 Å². The number of rotatable bonds is 0. The van der Waals surface area contributed by atoms with Gasteiger partial charge in [-0.25, -0.2) is 0 Å². The molecule has 17 heavy (non-hydrogen) atoms. The molecule has 0 spiro atoms. The van der Waals surface area contributed by atoms with E-state index in [1.165, 1.54) is 28.1 Å². The second-order valence-electron chi connectivity index (χ2n) is 5.16. The molecule has 3 rings (SSSR count). The lowest BCUT2D eigenvalue weighted by molar-refractivity contribution is -0.117. The first kappa shape index (κ1) is 10.6. The molecule has 1 aromatic rings. The van der Waals surface area contributed by atoms with E-state index in [1.54, 1.807) is 0 Å². The van der Waals surface area contributed by atoms with Crippen LogP contribution in [0.15, 0.2) is 29.5 Å². The number of carbonyl (C=O) groups excluding carboxylic acids is 1. The van der Waals surface area contributed by atoms with Crippen LogP contribution in [0.1, 0.15) is 30.9 Å². The van der Waals surface area contributed by atoms with E-state index >= 15 is 0 Å². The van der Waals surface area contributed by atoms with Crippen molar-refractivity contribution in [3.8, 4) is 0 Å². The average Bonchev–Trinajstić information content (AvgIpc) is 2.27. The highest BCUT2D eigenvalue weighted by Crippen LogP contribution is 2.37. The van der Waals surface area contributed by atoms with Crippen molar-refractivity contribution in [2.45, 2.75) is 33.1 Å². The van der Waals surface area contributed by atoms with Crippen LogP contribution < -0.4 is 4.90 Å². The predicted octanol–water partition coefficient (Wildman–Crippen LogP) is 2.99. The molecule has 0 fully saturated rings. The van der Waals surface area contributed by atoms with E-state index < -0.39 is 0 Å². The Morgan fingerprint density at radius 1 is 1.18 bits per heavy atom. The number of hydrogen-bond acceptors (Lipinski definition) is 2. The van der Waals surface area contributed by atoms with Gasteiger partial charge in [0.05, 0.1) is 6.54 Å². The third-order valence-corrected chi connectivity index (χ3v) is 3.77. The molecular formula is C15H17NO. The minimum absolute atomic E-state index is 0.333. The van der Waals surface area contributed by atoms with Crippen LogP contribution in [0.4, 0.5) is 5.69 Å². The summed E-state index contributed by atoms with van der Waals surface area (Å²) in [6, 6.07) is 6.55. The maximum atomic E-state index is 11.7. The van der Waals surface area contributed by atoms with Crippen LogP contribution in [-0.2, 0) is 11.2 Å². The van der Waals surface area contributed by atoms with Gasteiger partial charge in [0.1, 0.15) is 0 Å². The van der Waals surface area contributed by atoms with Gasteiger partial charge >= 0.3 is 0 Å². The summed E-state index contributed by atoms with van der Waals surface area (Å²) in [6.45, 7) is 4.78. The van der Waals surface area contributed by atoms with Gasteiger partial charge in [-0.2, -0.15) is 0 Å². The second kappa shape index (κ2) is 3.73. The summed E-state index contributed by atoms with van der Waals surface area (Å²) in [5, 5.41) is 0. The molecule has 0 bridgehead atoms. The number of aryl methyl sites for hydroxylation is 2. The van der Waals surface area contributed by atoms with Gasteiger partial charge in [0, 0.05) is 17.8 Å². The number of nitrogens with zero attached hydrogens (tertiary/aromatic N) is 1. The summed E-state index contributed by atoms with van der Waals surface area (Å²) in [4.78, 5) is 14.0. The highest BCUT2D eigenvalue weighted by Gasteiger charge is 2.28. The van der Waals surface area contributed by atoms with E-state index in [0.29, 0.717) is 18.7 Å². The van der Waals surface area contributed by atoms with E-state index in [-0.39, 0.29) is 0 Å². The third kappa shape index (κ3) is 1.68. The van der Waals surface area contributed by atoms with Crippen molar-refractivity contribution in [1.29, 1.82) is 0 Å². The monoisotopic (exact) mass is 227 g/mol. The van der Waals surface area contributed by atoms with Crippen LogP contribution in [0.3, 0.4) is 0 Å². The number of carbonyl (C=O) groups is 1.